The summed E-state index contributed by atoms with van der Waals surface area (Å²) in [6.07, 6.45) is 1.69. The van der Waals surface area contributed by atoms with E-state index in [-0.39, 0.29) is 18.1 Å². The summed E-state index contributed by atoms with van der Waals surface area (Å²) in [7, 11) is 0. The SMILES string of the molecule is Cc1ccc(C(=O)N2CC[C@@H]3C[C@@H](c4noc(C)n4)O[C@H]3C2)o1. The van der Waals surface area contributed by atoms with Crippen molar-refractivity contribution in [3.8, 4) is 0 Å². The van der Waals surface area contributed by atoms with E-state index < -0.39 is 0 Å². The molecular weight excluding hydrogens is 298 g/mol. The molecule has 4 rings (SSSR count). The van der Waals surface area contributed by atoms with Gasteiger partial charge in [-0.2, -0.15) is 4.98 Å². The van der Waals surface area contributed by atoms with Crippen LogP contribution in [0.25, 0.3) is 0 Å². The number of fused-ring (bicyclic) bond motifs is 1. The second-order valence-corrected chi connectivity index (χ2v) is 6.28. The van der Waals surface area contributed by atoms with Crippen LogP contribution < -0.4 is 0 Å². The number of amides is 1. The Morgan fingerprint density at radius 1 is 1.35 bits per heavy atom. The molecule has 2 fully saturated rings. The second-order valence-electron chi connectivity index (χ2n) is 6.28. The van der Waals surface area contributed by atoms with E-state index in [2.05, 4.69) is 10.1 Å². The minimum absolute atomic E-state index is 0.0209. The zero-order valence-corrected chi connectivity index (χ0v) is 13.2. The molecule has 2 saturated heterocycles. The molecule has 7 nitrogen and oxygen atoms in total. The highest BCUT2D eigenvalue weighted by atomic mass is 16.5. The number of aryl methyl sites for hydroxylation is 2. The van der Waals surface area contributed by atoms with Crippen molar-refractivity contribution in [1.29, 1.82) is 0 Å². The molecule has 7 heteroatoms. The first-order chi connectivity index (χ1) is 11.1. The van der Waals surface area contributed by atoms with Gasteiger partial charge < -0.3 is 18.6 Å². The molecule has 2 aromatic rings. The van der Waals surface area contributed by atoms with Gasteiger partial charge in [0.2, 0.25) is 11.7 Å². The Balaban J connectivity index is 1.44. The minimum Gasteiger partial charge on any atom is -0.456 e. The molecule has 1 amide bonds. The lowest BCUT2D eigenvalue weighted by Gasteiger charge is -2.33. The first-order valence-electron chi connectivity index (χ1n) is 7.91. The van der Waals surface area contributed by atoms with Crippen LogP contribution in [0.4, 0.5) is 0 Å². The van der Waals surface area contributed by atoms with E-state index in [9.17, 15) is 4.79 Å². The first kappa shape index (κ1) is 14.4. The van der Waals surface area contributed by atoms with E-state index in [1.165, 1.54) is 0 Å². The van der Waals surface area contributed by atoms with Gasteiger partial charge in [-0.05, 0) is 37.8 Å². The van der Waals surface area contributed by atoms with E-state index in [0.29, 0.717) is 29.9 Å². The van der Waals surface area contributed by atoms with Gasteiger partial charge in [0.05, 0.1) is 6.10 Å². The standard InChI is InChI=1S/C16H19N3O4/c1-9-3-4-12(21-9)16(20)19-6-5-11-7-13(22-14(11)8-19)15-17-10(2)23-18-15/h3-4,11,13-14H,5-8H2,1-2H3/t11-,13+,14+/m1/s1. The van der Waals surface area contributed by atoms with E-state index in [0.717, 1.165) is 25.1 Å². The topological polar surface area (TPSA) is 81.6 Å². The predicted octanol–water partition coefficient (Wildman–Crippen LogP) is 2.27. The number of carbonyl (C=O) groups excluding carboxylic acids is 1. The summed E-state index contributed by atoms with van der Waals surface area (Å²) in [5.41, 5.74) is 0. The molecule has 2 aliphatic rings. The highest BCUT2D eigenvalue weighted by Gasteiger charge is 2.42. The first-order valence-corrected chi connectivity index (χ1v) is 7.91. The van der Waals surface area contributed by atoms with E-state index >= 15 is 0 Å². The fourth-order valence-electron chi connectivity index (χ4n) is 3.43. The van der Waals surface area contributed by atoms with Crippen molar-refractivity contribution in [3.63, 3.8) is 0 Å². The largest absolute Gasteiger partial charge is 0.456 e. The number of hydrogen-bond donors (Lipinski definition) is 0. The Kier molecular flexibility index (Phi) is 3.45. The van der Waals surface area contributed by atoms with Crippen molar-refractivity contribution in [3.05, 3.63) is 35.4 Å². The van der Waals surface area contributed by atoms with Crippen molar-refractivity contribution in [2.75, 3.05) is 13.1 Å². The Bertz CT molecular complexity index is 722. The number of carbonyl (C=O) groups is 1. The third-order valence-corrected chi connectivity index (χ3v) is 4.62. The number of likely N-dealkylation sites (tertiary alicyclic amines) is 1. The van der Waals surface area contributed by atoms with Crippen LogP contribution in [0.3, 0.4) is 0 Å². The Morgan fingerprint density at radius 2 is 2.22 bits per heavy atom. The predicted molar refractivity (Wildman–Crippen MR) is 78.7 cm³/mol. The summed E-state index contributed by atoms with van der Waals surface area (Å²) >= 11 is 0. The lowest BCUT2D eigenvalue weighted by molar-refractivity contribution is -0.00825. The summed E-state index contributed by atoms with van der Waals surface area (Å²) in [6.45, 7) is 4.91. The molecule has 23 heavy (non-hydrogen) atoms. The molecule has 0 spiro atoms. The number of hydrogen-bond acceptors (Lipinski definition) is 6. The molecule has 0 unspecified atom stereocenters. The van der Waals surface area contributed by atoms with Gasteiger partial charge >= 0.3 is 0 Å². The summed E-state index contributed by atoms with van der Waals surface area (Å²) in [5.74, 6) is 2.65. The zero-order valence-electron chi connectivity index (χ0n) is 13.2. The van der Waals surface area contributed by atoms with Gasteiger partial charge in [-0.15, -0.1) is 0 Å². The van der Waals surface area contributed by atoms with E-state index in [1.54, 1.807) is 19.1 Å². The number of rotatable bonds is 2. The molecule has 0 aromatic carbocycles. The summed E-state index contributed by atoms with van der Waals surface area (Å²) < 4.78 is 16.5. The minimum atomic E-state index is -0.136. The lowest BCUT2D eigenvalue weighted by Crippen LogP contribution is -2.45. The maximum atomic E-state index is 12.5. The molecule has 0 aliphatic carbocycles. The third kappa shape index (κ3) is 2.65. The van der Waals surface area contributed by atoms with Crippen LogP contribution in [0.2, 0.25) is 0 Å². The summed E-state index contributed by atoms with van der Waals surface area (Å²) in [5, 5.41) is 3.95. The number of aromatic nitrogens is 2. The highest BCUT2D eigenvalue weighted by molar-refractivity contribution is 5.91. The average Bonchev–Trinajstić information content (AvgIpc) is 3.24. The Labute approximate surface area is 133 Å². The molecule has 4 heterocycles. The van der Waals surface area contributed by atoms with Gasteiger partial charge in [-0.1, -0.05) is 5.16 Å². The average molecular weight is 317 g/mol. The van der Waals surface area contributed by atoms with Gasteiger partial charge in [-0.25, -0.2) is 0 Å². The number of ether oxygens (including phenoxy) is 1. The van der Waals surface area contributed by atoms with Gasteiger partial charge in [0.1, 0.15) is 11.9 Å². The number of nitrogens with zero attached hydrogens (tertiary/aromatic N) is 3. The smallest absolute Gasteiger partial charge is 0.289 e. The van der Waals surface area contributed by atoms with Gasteiger partial charge in [0, 0.05) is 20.0 Å². The monoisotopic (exact) mass is 317 g/mol. The fraction of sp³-hybridized carbons (Fsp3) is 0.562. The lowest BCUT2D eigenvalue weighted by atomic mass is 9.91. The van der Waals surface area contributed by atoms with Crippen molar-refractivity contribution in [1.82, 2.24) is 15.0 Å². The third-order valence-electron chi connectivity index (χ3n) is 4.62. The van der Waals surface area contributed by atoms with Crippen molar-refractivity contribution in [2.24, 2.45) is 5.92 Å². The van der Waals surface area contributed by atoms with Crippen molar-refractivity contribution in [2.45, 2.75) is 38.9 Å². The fourth-order valence-corrected chi connectivity index (χ4v) is 3.43. The Morgan fingerprint density at radius 3 is 2.91 bits per heavy atom. The molecular formula is C16H19N3O4. The van der Waals surface area contributed by atoms with Crippen LogP contribution in [0.1, 0.15) is 47.0 Å². The van der Waals surface area contributed by atoms with E-state index in [1.807, 2.05) is 11.8 Å². The Hall–Kier alpha value is -2.15. The molecule has 0 N–H and O–H groups in total. The van der Waals surface area contributed by atoms with Crippen LogP contribution in [-0.4, -0.2) is 40.1 Å². The quantitative estimate of drug-likeness (QED) is 0.845. The zero-order chi connectivity index (χ0) is 16.0. The number of piperidine rings is 1. The molecule has 2 aromatic heterocycles. The molecule has 2 aliphatic heterocycles. The van der Waals surface area contributed by atoms with Gasteiger partial charge in [0.15, 0.2) is 5.76 Å². The van der Waals surface area contributed by atoms with Crippen LogP contribution in [0, 0.1) is 19.8 Å². The normalized spacial score (nSPS) is 27.2. The van der Waals surface area contributed by atoms with Gasteiger partial charge in [0.25, 0.3) is 5.91 Å². The second kappa shape index (κ2) is 5.49. The molecule has 3 atom stereocenters. The van der Waals surface area contributed by atoms with Crippen LogP contribution in [0.5, 0.6) is 0 Å². The van der Waals surface area contributed by atoms with Crippen molar-refractivity contribution < 1.29 is 18.5 Å². The maximum Gasteiger partial charge on any atom is 0.289 e. The van der Waals surface area contributed by atoms with Crippen LogP contribution in [0.15, 0.2) is 21.1 Å². The van der Waals surface area contributed by atoms with Crippen LogP contribution >= 0.6 is 0 Å². The van der Waals surface area contributed by atoms with Crippen molar-refractivity contribution >= 4 is 5.91 Å². The summed E-state index contributed by atoms with van der Waals surface area (Å²) in [6, 6.07) is 3.53. The van der Waals surface area contributed by atoms with Gasteiger partial charge in [-0.3, -0.25) is 4.79 Å². The highest BCUT2D eigenvalue weighted by Crippen LogP contribution is 2.40. The molecule has 0 bridgehead atoms. The number of furan rings is 1. The van der Waals surface area contributed by atoms with Crippen LogP contribution in [-0.2, 0) is 4.74 Å². The molecule has 0 radical (unpaired) electrons. The molecule has 122 valence electrons. The van der Waals surface area contributed by atoms with E-state index in [4.69, 9.17) is 13.7 Å². The summed E-state index contributed by atoms with van der Waals surface area (Å²) in [4.78, 5) is 18.6. The maximum absolute atomic E-state index is 12.5. The molecule has 0 saturated carbocycles.